The van der Waals surface area contributed by atoms with Gasteiger partial charge in [-0.1, -0.05) is 23.7 Å². The smallest absolute Gasteiger partial charge is 0.469 e. The van der Waals surface area contributed by atoms with Gasteiger partial charge in [0.2, 0.25) is 5.89 Å². The average Bonchev–Trinajstić information content (AvgIpc) is 3.54. The number of esters is 1. The van der Waals surface area contributed by atoms with Crippen LogP contribution in [0.5, 0.6) is 5.75 Å². The molecule has 12 heteroatoms. The first kappa shape index (κ1) is 27.8. The fraction of sp³-hybridized carbons (Fsp3) is 0.481. The number of hydrogen-bond acceptors (Lipinski definition) is 8. The van der Waals surface area contributed by atoms with Gasteiger partial charge in [0.1, 0.15) is 11.3 Å². The molecule has 0 N–H and O–H groups in total. The first-order valence-electron chi connectivity index (χ1n) is 12.7. The number of hydrogen-bond donors (Lipinski definition) is 0. The Hall–Kier alpha value is -2.73. The summed E-state index contributed by atoms with van der Waals surface area (Å²) in [6, 6.07) is 8.46. The van der Waals surface area contributed by atoms with Crippen molar-refractivity contribution >= 4 is 41.3 Å². The number of methoxy groups -OCH3 is 1. The number of alkyl halides is 2. The van der Waals surface area contributed by atoms with Crippen LogP contribution in [0.15, 0.2) is 34.7 Å². The van der Waals surface area contributed by atoms with Gasteiger partial charge in [0.15, 0.2) is 5.58 Å². The number of fused-ring (bicyclic) bond motifs is 1. The molecular formula is C27H30BClF2N2O6. The van der Waals surface area contributed by atoms with E-state index in [0.29, 0.717) is 53.2 Å². The van der Waals surface area contributed by atoms with Crippen molar-refractivity contribution in [3.05, 3.63) is 40.9 Å². The summed E-state index contributed by atoms with van der Waals surface area (Å²) in [5, 5.41) is 0.359. The van der Waals surface area contributed by atoms with Crippen LogP contribution < -0.4 is 10.2 Å². The summed E-state index contributed by atoms with van der Waals surface area (Å²) in [7, 11) is 0.672. The van der Waals surface area contributed by atoms with E-state index in [4.69, 9.17) is 34.8 Å². The van der Waals surface area contributed by atoms with Crippen LogP contribution in [0, 0.1) is 5.92 Å². The highest BCUT2D eigenvalue weighted by atomic mass is 35.5. The van der Waals surface area contributed by atoms with Crippen LogP contribution in [0.25, 0.3) is 22.6 Å². The average molecular weight is 563 g/mol. The van der Waals surface area contributed by atoms with E-state index in [2.05, 4.69) is 4.98 Å². The minimum absolute atomic E-state index is 0.0150. The minimum Gasteiger partial charge on any atom is -0.469 e. The maximum absolute atomic E-state index is 13.3. The third-order valence-corrected chi connectivity index (χ3v) is 8.18. The Morgan fingerprint density at radius 3 is 2.62 bits per heavy atom. The van der Waals surface area contributed by atoms with Gasteiger partial charge in [-0.25, -0.2) is 4.98 Å². The predicted octanol–water partition coefficient (Wildman–Crippen LogP) is 5.04. The van der Waals surface area contributed by atoms with E-state index in [1.165, 1.54) is 13.2 Å². The van der Waals surface area contributed by atoms with Crippen LogP contribution >= 0.6 is 11.6 Å². The first-order chi connectivity index (χ1) is 18.4. The van der Waals surface area contributed by atoms with Crippen molar-refractivity contribution in [2.75, 3.05) is 20.2 Å². The van der Waals surface area contributed by atoms with Gasteiger partial charge >= 0.3 is 19.7 Å². The SMILES string of the molecule is COC(=O)C1CCN(Cc2cc3nc(-c4cccc(B5OC(C)(C)C(C)(C)O5)c4Cl)oc3cc2OC(F)F)C1. The fourth-order valence-corrected chi connectivity index (χ4v) is 5.18. The van der Waals surface area contributed by atoms with Gasteiger partial charge in [-0.2, -0.15) is 8.78 Å². The topological polar surface area (TPSA) is 83.3 Å². The number of oxazole rings is 1. The van der Waals surface area contributed by atoms with Crippen molar-refractivity contribution in [2.45, 2.75) is 58.5 Å². The van der Waals surface area contributed by atoms with Gasteiger partial charge in [0.05, 0.1) is 34.8 Å². The normalized spacial score (nSPS) is 20.7. The predicted molar refractivity (Wildman–Crippen MR) is 142 cm³/mol. The summed E-state index contributed by atoms with van der Waals surface area (Å²) in [6.45, 7) is 6.20. The Morgan fingerprint density at radius 2 is 1.95 bits per heavy atom. The van der Waals surface area contributed by atoms with E-state index >= 15 is 0 Å². The highest BCUT2D eigenvalue weighted by Crippen LogP contribution is 2.39. The highest BCUT2D eigenvalue weighted by molar-refractivity contribution is 6.66. The van der Waals surface area contributed by atoms with Crippen molar-refractivity contribution in [1.82, 2.24) is 9.88 Å². The summed E-state index contributed by atoms with van der Waals surface area (Å²) in [4.78, 5) is 18.5. The molecule has 2 aliphatic heterocycles. The number of carbonyl (C=O) groups is 1. The molecule has 0 radical (unpaired) electrons. The molecule has 0 bridgehead atoms. The molecule has 1 aromatic heterocycles. The van der Waals surface area contributed by atoms with Crippen molar-refractivity contribution < 1.29 is 36.8 Å². The summed E-state index contributed by atoms with van der Waals surface area (Å²) in [5.74, 6) is -0.327. The zero-order chi connectivity index (χ0) is 28.1. The molecule has 1 atom stereocenters. The van der Waals surface area contributed by atoms with Crippen LogP contribution in [0.1, 0.15) is 39.7 Å². The second-order valence-corrected chi connectivity index (χ2v) is 11.2. The van der Waals surface area contributed by atoms with E-state index in [-0.39, 0.29) is 29.1 Å². The lowest BCUT2D eigenvalue weighted by atomic mass is 9.78. The lowest BCUT2D eigenvalue weighted by Gasteiger charge is -2.32. The van der Waals surface area contributed by atoms with Gasteiger partial charge in [-0.15, -0.1) is 0 Å². The number of aromatic nitrogens is 1. The summed E-state index contributed by atoms with van der Waals surface area (Å²) in [6.07, 6.45) is 0.631. The maximum Gasteiger partial charge on any atom is 0.496 e. The van der Waals surface area contributed by atoms with Crippen LogP contribution in [0.2, 0.25) is 5.02 Å². The third-order valence-electron chi connectivity index (χ3n) is 7.75. The minimum atomic E-state index is -3.02. The number of ether oxygens (including phenoxy) is 2. The van der Waals surface area contributed by atoms with Crippen molar-refractivity contribution in [1.29, 1.82) is 0 Å². The van der Waals surface area contributed by atoms with Gasteiger partial charge in [-0.3, -0.25) is 9.69 Å². The monoisotopic (exact) mass is 562 g/mol. The molecular weight excluding hydrogens is 533 g/mol. The number of likely N-dealkylation sites (tertiary alicyclic amines) is 1. The molecule has 0 amide bonds. The number of nitrogens with zero attached hydrogens (tertiary/aromatic N) is 2. The van der Waals surface area contributed by atoms with E-state index in [1.807, 2.05) is 38.7 Å². The molecule has 2 aromatic carbocycles. The molecule has 2 saturated heterocycles. The summed E-state index contributed by atoms with van der Waals surface area (Å²) in [5.41, 5.74) is 1.30. The first-order valence-corrected chi connectivity index (χ1v) is 13.1. The van der Waals surface area contributed by atoms with E-state index in [1.54, 1.807) is 18.2 Å². The Bertz CT molecular complexity index is 1380. The standard InChI is InChI=1S/C27H30BClF2N2O6/c1-26(2)27(3,4)39-28(38-26)18-8-6-7-17(22(18)29)23-32-19-11-16(20(37-25(30)31)12-21(19)36-23)14-33-10-9-15(13-33)24(34)35-5/h6-8,11-12,15,25H,9-10,13-14H2,1-5H3. The van der Waals surface area contributed by atoms with Crippen LogP contribution in [-0.4, -0.2) is 61.0 Å². The van der Waals surface area contributed by atoms with Crippen LogP contribution in [0.4, 0.5) is 8.78 Å². The molecule has 208 valence electrons. The zero-order valence-corrected chi connectivity index (χ0v) is 23.2. The highest BCUT2D eigenvalue weighted by Gasteiger charge is 2.52. The number of carbonyl (C=O) groups excluding carboxylic acids is 1. The molecule has 8 nitrogen and oxygen atoms in total. The van der Waals surface area contributed by atoms with E-state index in [9.17, 15) is 13.6 Å². The number of halogens is 3. The Kier molecular flexibility index (Phi) is 7.39. The molecule has 0 saturated carbocycles. The van der Waals surface area contributed by atoms with Crippen molar-refractivity contribution in [2.24, 2.45) is 5.92 Å². The summed E-state index contributed by atoms with van der Waals surface area (Å²) < 4.78 is 54.5. The lowest BCUT2D eigenvalue weighted by molar-refractivity contribution is -0.144. The molecule has 2 aliphatic rings. The molecule has 39 heavy (non-hydrogen) atoms. The van der Waals surface area contributed by atoms with Gasteiger partial charge in [0, 0.05) is 30.2 Å². The molecule has 0 spiro atoms. The molecule has 1 unspecified atom stereocenters. The molecule has 3 heterocycles. The third kappa shape index (κ3) is 5.37. The largest absolute Gasteiger partial charge is 0.496 e. The zero-order valence-electron chi connectivity index (χ0n) is 22.4. The second kappa shape index (κ2) is 10.4. The van der Waals surface area contributed by atoms with E-state index in [0.717, 1.165) is 0 Å². The van der Waals surface area contributed by atoms with Crippen LogP contribution in [-0.2, 0) is 25.4 Å². The maximum atomic E-state index is 13.3. The summed E-state index contributed by atoms with van der Waals surface area (Å²) >= 11 is 6.80. The second-order valence-electron chi connectivity index (χ2n) is 10.9. The van der Waals surface area contributed by atoms with Gasteiger partial charge < -0.3 is 23.2 Å². The van der Waals surface area contributed by atoms with Crippen LogP contribution in [0.3, 0.4) is 0 Å². The Morgan fingerprint density at radius 1 is 1.23 bits per heavy atom. The van der Waals surface area contributed by atoms with Gasteiger partial charge in [-0.05, 0) is 52.8 Å². The molecule has 2 fully saturated rings. The lowest BCUT2D eigenvalue weighted by Crippen LogP contribution is -2.41. The molecule has 3 aromatic rings. The van der Waals surface area contributed by atoms with Crippen molar-refractivity contribution in [3.8, 4) is 17.2 Å². The van der Waals surface area contributed by atoms with Gasteiger partial charge in [0.25, 0.3) is 0 Å². The fourth-order valence-electron chi connectivity index (χ4n) is 4.89. The van der Waals surface area contributed by atoms with E-state index < -0.39 is 24.9 Å². The Labute approximate surface area is 230 Å². The quantitative estimate of drug-likeness (QED) is 0.293. The molecule has 0 aliphatic carbocycles. The molecule has 5 rings (SSSR count). The number of rotatable bonds is 7. The van der Waals surface area contributed by atoms with Crippen molar-refractivity contribution in [3.63, 3.8) is 0 Å². The Balaban J connectivity index is 1.46. The number of benzene rings is 2.